The third-order valence-corrected chi connectivity index (χ3v) is 7.01. The summed E-state index contributed by atoms with van der Waals surface area (Å²) in [6, 6.07) is 12.1. The summed E-state index contributed by atoms with van der Waals surface area (Å²) in [7, 11) is -3.80. The molecule has 0 unspecified atom stereocenters. The van der Waals surface area contributed by atoms with Crippen LogP contribution in [0.3, 0.4) is 0 Å². The van der Waals surface area contributed by atoms with Gasteiger partial charge < -0.3 is 4.74 Å². The number of aromatic nitrogens is 2. The number of carbonyl (C=O) groups is 1. The molecule has 1 saturated heterocycles. The molecule has 3 aromatic rings. The summed E-state index contributed by atoms with van der Waals surface area (Å²) in [6.07, 6.45) is 2.56. The Hall–Kier alpha value is -3.04. The molecular formula is C21H21N3O5S. The fraction of sp³-hybridized carbons (Fsp3) is 0.286. The van der Waals surface area contributed by atoms with Crippen molar-refractivity contribution in [3.8, 4) is 0 Å². The highest BCUT2D eigenvalue weighted by molar-refractivity contribution is 7.89. The van der Waals surface area contributed by atoms with E-state index in [1.54, 1.807) is 36.5 Å². The summed E-state index contributed by atoms with van der Waals surface area (Å²) in [5, 5.41) is 0. The van der Waals surface area contributed by atoms with Crippen LogP contribution < -0.4 is 5.56 Å². The van der Waals surface area contributed by atoms with Crippen LogP contribution in [0.15, 0.2) is 64.4 Å². The summed E-state index contributed by atoms with van der Waals surface area (Å²) in [5.74, 6) is -0.641. The number of benzene rings is 1. The molecule has 30 heavy (non-hydrogen) atoms. The number of aryl methyl sites for hydroxylation is 1. The van der Waals surface area contributed by atoms with Gasteiger partial charge in [-0.2, -0.15) is 4.31 Å². The molecule has 1 aliphatic rings. The largest absolute Gasteiger partial charge is 0.458 e. The van der Waals surface area contributed by atoms with Gasteiger partial charge in [0.05, 0.1) is 10.6 Å². The van der Waals surface area contributed by atoms with Crippen LogP contribution in [0.5, 0.6) is 0 Å². The van der Waals surface area contributed by atoms with Crippen LogP contribution in [0.4, 0.5) is 0 Å². The molecule has 4 rings (SSSR count). The van der Waals surface area contributed by atoms with Gasteiger partial charge in [-0.3, -0.25) is 14.0 Å². The minimum absolute atomic E-state index is 0.150. The van der Waals surface area contributed by atoms with E-state index in [2.05, 4.69) is 4.98 Å². The number of carbonyl (C=O) groups excluding carboxylic acids is 1. The average Bonchev–Trinajstić information content (AvgIpc) is 3.23. The maximum absolute atomic E-state index is 13.0. The Bertz CT molecular complexity index is 1250. The van der Waals surface area contributed by atoms with Gasteiger partial charge in [-0.15, -0.1) is 0 Å². The number of sulfonamides is 1. The minimum Gasteiger partial charge on any atom is -0.458 e. The quantitative estimate of drug-likeness (QED) is 0.577. The molecule has 1 fully saturated rings. The molecule has 0 amide bonds. The van der Waals surface area contributed by atoms with Crippen molar-refractivity contribution in [2.45, 2.75) is 37.3 Å². The normalized spacial score (nSPS) is 17.3. The number of hydrogen-bond donors (Lipinski definition) is 0. The van der Waals surface area contributed by atoms with Gasteiger partial charge in [0, 0.05) is 18.8 Å². The predicted molar refractivity (Wildman–Crippen MR) is 109 cm³/mol. The van der Waals surface area contributed by atoms with Crippen molar-refractivity contribution in [3.05, 3.63) is 76.3 Å². The highest BCUT2D eigenvalue weighted by atomic mass is 32.2. The Morgan fingerprint density at radius 3 is 2.73 bits per heavy atom. The first kappa shape index (κ1) is 20.2. The standard InChI is InChI=1S/C21H21N3O5S/c1-15-7-9-17(10-8-15)30(27,28)24-12-4-5-18(24)21(26)29-14-16-13-20(25)23-11-3-2-6-19(23)22-16/h2-3,6-11,13,18H,4-5,12,14H2,1H3/t18-/m0/s1. The molecule has 0 bridgehead atoms. The molecule has 0 N–H and O–H groups in total. The molecule has 1 aliphatic heterocycles. The molecule has 0 spiro atoms. The van der Waals surface area contributed by atoms with Crippen molar-refractivity contribution in [2.75, 3.05) is 6.54 Å². The number of fused-ring (bicyclic) bond motifs is 1. The van der Waals surface area contributed by atoms with E-state index in [1.165, 1.54) is 26.9 Å². The zero-order valence-electron chi connectivity index (χ0n) is 16.4. The van der Waals surface area contributed by atoms with Crippen LogP contribution in [-0.2, 0) is 26.2 Å². The van der Waals surface area contributed by atoms with Crippen LogP contribution in [0.25, 0.3) is 5.65 Å². The van der Waals surface area contributed by atoms with Crippen molar-refractivity contribution in [2.24, 2.45) is 0 Å². The van der Waals surface area contributed by atoms with Gasteiger partial charge in [0.2, 0.25) is 10.0 Å². The lowest BCUT2D eigenvalue weighted by Gasteiger charge is -2.22. The second-order valence-corrected chi connectivity index (χ2v) is 9.10. The lowest BCUT2D eigenvalue weighted by atomic mass is 10.2. The molecule has 8 nitrogen and oxygen atoms in total. The molecule has 9 heteroatoms. The molecule has 156 valence electrons. The van der Waals surface area contributed by atoms with Crippen molar-refractivity contribution in [3.63, 3.8) is 0 Å². The zero-order chi connectivity index (χ0) is 21.3. The maximum Gasteiger partial charge on any atom is 0.324 e. The van der Waals surface area contributed by atoms with E-state index >= 15 is 0 Å². The molecule has 2 aromatic heterocycles. The number of ether oxygens (including phenoxy) is 1. The predicted octanol–water partition coefficient (Wildman–Crippen LogP) is 1.90. The van der Waals surface area contributed by atoms with Crippen molar-refractivity contribution >= 4 is 21.6 Å². The maximum atomic E-state index is 13.0. The Morgan fingerprint density at radius 1 is 1.20 bits per heavy atom. The van der Waals surface area contributed by atoms with Gasteiger partial charge in [-0.1, -0.05) is 23.8 Å². The van der Waals surface area contributed by atoms with Gasteiger partial charge in [0.15, 0.2) is 0 Å². The second kappa shape index (κ2) is 8.00. The van der Waals surface area contributed by atoms with Crippen LogP contribution >= 0.6 is 0 Å². The van der Waals surface area contributed by atoms with Crippen LogP contribution in [0.2, 0.25) is 0 Å². The Balaban J connectivity index is 1.50. The lowest BCUT2D eigenvalue weighted by molar-refractivity contribution is -0.148. The highest BCUT2D eigenvalue weighted by Gasteiger charge is 2.40. The zero-order valence-corrected chi connectivity index (χ0v) is 17.2. The fourth-order valence-corrected chi connectivity index (χ4v) is 5.17. The highest BCUT2D eigenvalue weighted by Crippen LogP contribution is 2.27. The van der Waals surface area contributed by atoms with Gasteiger partial charge >= 0.3 is 5.97 Å². The molecule has 0 radical (unpaired) electrons. The summed E-state index contributed by atoms with van der Waals surface area (Å²) in [6.45, 7) is 1.93. The second-order valence-electron chi connectivity index (χ2n) is 7.21. The summed E-state index contributed by atoms with van der Waals surface area (Å²) >= 11 is 0. The fourth-order valence-electron chi connectivity index (χ4n) is 3.53. The first-order chi connectivity index (χ1) is 14.4. The summed E-state index contributed by atoms with van der Waals surface area (Å²) in [5.41, 5.74) is 1.42. The van der Waals surface area contributed by atoms with E-state index in [1.807, 2.05) is 6.92 Å². The van der Waals surface area contributed by atoms with Gasteiger partial charge in [0.1, 0.15) is 18.3 Å². The lowest BCUT2D eigenvalue weighted by Crippen LogP contribution is -2.41. The van der Waals surface area contributed by atoms with Crippen LogP contribution in [0, 0.1) is 6.92 Å². The summed E-state index contributed by atoms with van der Waals surface area (Å²) in [4.78, 5) is 29.3. The van der Waals surface area contributed by atoms with Crippen molar-refractivity contribution < 1.29 is 17.9 Å². The molecule has 1 aromatic carbocycles. The van der Waals surface area contributed by atoms with Gasteiger partial charge in [-0.25, -0.2) is 13.4 Å². The number of rotatable bonds is 5. The topological polar surface area (TPSA) is 98.0 Å². The smallest absolute Gasteiger partial charge is 0.324 e. The van der Waals surface area contributed by atoms with E-state index in [4.69, 9.17) is 4.74 Å². The van der Waals surface area contributed by atoms with Gasteiger partial charge in [-0.05, 0) is 44.0 Å². The number of hydrogen-bond acceptors (Lipinski definition) is 6. The number of pyridine rings is 1. The van der Waals surface area contributed by atoms with E-state index in [-0.39, 0.29) is 23.6 Å². The molecule has 1 atom stereocenters. The van der Waals surface area contributed by atoms with E-state index in [9.17, 15) is 18.0 Å². The average molecular weight is 427 g/mol. The third-order valence-electron chi connectivity index (χ3n) is 5.09. The Labute approximate surface area is 173 Å². The van der Waals surface area contributed by atoms with Crippen LogP contribution in [-0.4, -0.2) is 40.7 Å². The van der Waals surface area contributed by atoms with Crippen molar-refractivity contribution in [1.29, 1.82) is 0 Å². The Morgan fingerprint density at radius 2 is 1.97 bits per heavy atom. The monoisotopic (exact) mass is 427 g/mol. The first-order valence-corrected chi connectivity index (χ1v) is 11.0. The van der Waals surface area contributed by atoms with E-state index in [0.29, 0.717) is 24.2 Å². The van der Waals surface area contributed by atoms with Crippen molar-refractivity contribution in [1.82, 2.24) is 13.7 Å². The Kier molecular flexibility index (Phi) is 5.40. The number of nitrogens with zero attached hydrogens (tertiary/aromatic N) is 3. The molecule has 0 saturated carbocycles. The van der Waals surface area contributed by atoms with E-state index in [0.717, 1.165) is 5.56 Å². The number of esters is 1. The van der Waals surface area contributed by atoms with E-state index < -0.39 is 22.0 Å². The molecular weight excluding hydrogens is 406 g/mol. The van der Waals surface area contributed by atoms with Gasteiger partial charge in [0.25, 0.3) is 5.56 Å². The molecule has 3 heterocycles. The SMILES string of the molecule is Cc1ccc(S(=O)(=O)N2CCC[C@H]2C(=O)OCc2cc(=O)n3ccccc3n2)cc1. The molecule has 0 aliphatic carbocycles. The minimum atomic E-state index is -3.80. The third kappa shape index (κ3) is 3.86. The van der Waals surface area contributed by atoms with Crippen LogP contribution in [0.1, 0.15) is 24.1 Å². The summed E-state index contributed by atoms with van der Waals surface area (Å²) < 4.78 is 33.9. The first-order valence-electron chi connectivity index (χ1n) is 9.59.